The smallest absolute Gasteiger partial charge is 0.228 e. The molecule has 4 atom stereocenters. The van der Waals surface area contributed by atoms with Crippen LogP contribution in [0.2, 0.25) is 0 Å². The van der Waals surface area contributed by atoms with Crippen molar-refractivity contribution >= 4 is 33.4 Å². The molecule has 0 aliphatic heterocycles. The van der Waals surface area contributed by atoms with Gasteiger partial charge in [-0.3, -0.25) is 9.59 Å². The maximum atomic E-state index is 13.2. The van der Waals surface area contributed by atoms with Crippen LogP contribution in [0, 0.1) is 35.0 Å². The molecule has 2 N–H and O–H groups in total. The van der Waals surface area contributed by atoms with Gasteiger partial charge in [0.25, 0.3) is 0 Å². The summed E-state index contributed by atoms with van der Waals surface area (Å²) in [6.07, 6.45) is 11.4. The molecular formula is C23H27BrN2O2. The SMILES string of the molecule is O=C(NC[C@H]1[C@H](C(=O)Nc2ccc(Br)cc2)[C@@H]2C=C[C@H]1C21CC1)C1CCCC1. The monoisotopic (exact) mass is 442 g/mol. The van der Waals surface area contributed by atoms with Gasteiger partial charge in [0.05, 0.1) is 5.92 Å². The summed E-state index contributed by atoms with van der Waals surface area (Å²) in [7, 11) is 0. The highest BCUT2D eigenvalue weighted by atomic mass is 79.9. The van der Waals surface area contributed by atoms with Crippen molar-refractivity contribution in [2.45, 2.75) is 38.5 Å². The molecule has 4 nitrogen and oxygen atoms in total. The van der Waals surface area contributed by atoms with E-state index in [1.54, 1.807) is 0 Å². The van der Waals surface area contributed by atoms with Gasteiger partial charge in [0, 0.05) is 22.6 Å². The Morgan fingerprint density at radius 2 is 1.68 bits per heavy atom. The Kier molecular flexibility index (Phi) is 4.61. The van der Waals surface area contributed by atoms with Crippen molar-refractivity contribution < 1.29 is 9.59 Å². The summed E-state index contributed by atoms with van der Waals surface area (Å²) in [6.45, 7) is 0.626. The molecule has 2 bridgehead atoms. The zero-order valence-corrected chi connectivity index (χ0v) is 17.6. The van der Waals surface area contributed by atoms with Gasteiger partial charge >= 0.3 is 0 Å². The fourth-order valence-electron chi connectivity index (χ4n) is 6.11. The molecule has 3 saturated carbocycles. The lowest BCUT2D eigenvalue weighted by Gasteiger charge is -2.27. The van der Waals surface area contributed by atoms with E-state index in [2.05, 4.69) is 38.7 Å². The second kappa shape index (κ2) is 7.01. The molecule has 0 unspecified atom stereocenters. The van der Waals surface area contributed by atoms with Crippen LogP contribution in [0.5, 0.6) is 0 Å². The predicted octanol–water partition coefficient (Wildman–Crippen LogP) is 4.52. The fraction of sp³-hybridized carbons (Fsp3) is 0.565. The molecule has 148 valence electrons. The van der Waals surface area contributed by atoms with Crippen LogP contribution in [0.3, 0.4) is 0 Å². The Hall–Kier alpha value is -1.62. The van der Waals surface area contributed by atoms with Gasteiger partial charge in [0.2, 0.25) is 11.8 Å². The third-order valence-corrected chi connectivity index (χ3v) is 8.17. The molecule has 3 fully saturated rings. The van der Waals surface area contributed by atoms with Crippen LogP contribution in [0.1, 0.15) is 38.5 Å². The van der Waals surface area contributed by atoms with Gasteiger partial charge in [-0.15, -0.1) is 0 Å². The Bertz CT molecular complexity index is 808. The van der Waals surface area contributed by atoms with Crippen molar-refractivity contribution in [3.8, 4) is 0 Å². The fourth-order valence-corrected chi connectivity index (χ4v) is 6.38. The van der Waals surface area contributed by atoms with Crippen LogP contribution >= 0.6 is 15.9 Å². The van der Waals surface area contributed by atoms with Crippen LogP contribution in [0.15, 0.2) is 40.9 Å². The number of hydrogen-bond donors (Lipinski definition) is 2. The van der Waals surface area contributed by atoms with Gasteiger partial charge < -0.3 is 10.6 Å². The van der Waals surface area contributed by atoms with E-state index >= 15 is 0 Å². The lowest BCUT2D eigenvalue weighted by Crippen LogP contribution is -2.41. The summed E-state index contributed by atoms with van der Waals surface area (Å²) >= 11 is 3.44. The number of rotatable bonds is 5. The van der Waals surface area contributed by atoms with E-state index in [9.17, 15) is 9.59 Å². The highest BCUT2D eigenvalue weighted by Gasteiger charge is 2.68. The number of carbonyl (C=O) groups excluding carboxylic acids is 2. The first-order chi connectivity index (χ1) is 13.6. The van der Waals surface area contributed by atoms with Crippen molar-refractivity contribution in [2.24, 2.45) is 35.0 Å². The number of carbonyl (C=O) groups is 2. The standard InChI is InChI=1S/C23H27BrN2O2/c24-15-5-7-16(8-6-15)26-22(28)20-17(13-25-21(27)14-3-1-2-4-14)18-9-10-19(20)23(18)11-12-23/h5-10,14,17-20H,1-4,11-13H2,(H,25,27)(H,26,28)/t17-,18-,19+,20+/m1/s1. The quantitative estimate of drug-likeness (QED) is 0.658. The summed E-state index contributed by atoms with van der Waals surface area (Å²) in [5.41, 5.74) is 1.13. The maximum Gasteiger partial charge on any atom is 0.228 e. The number of amides is 2. The number of nitrogens with one attached hydrogen (secondary N) is 2. The van der Waals surface area contributed by atoms with Crippen LogP contribution in [-0.4, -0.2) is 18.4 Å². The summed E-state index contributed by atoms with van der Waals surface area (Å²) in [5, 5.41) is 6.34. The second-order valence-corrected chi connectivity index (χ2v) is 10.00. The van der Waals surface area contributed by atoms with Crippen LogP contribution in [0.25, 0.3) is 0 Å². The van der Waals surface area contributed by atoms with Crippen molar-refractivity contribution in [1.82, 2.24) is 5.32 Å². The minimum absolute atomic E-state index is 0.0509. The molecular weight excluding hydrogens is 416 g/mol. The number of hydrogen-bond acceptors (Lipinski definition) is 2. The van der Waals surface area contributed by atoms with Gasteiger partial charge in [-0.25, -0.2) is 0 Å². The van der Waals surface area contributed by atoms with Crippen molar-refractivity contribution in [3.05, 3.63) is 40.9 Å². The number of allylic oxidation sites excluding steroid dienone is 2. The Morgan fingerprint density at radius 3 is 2.36 bits per heavy atom. The van der Waals surface area contributed by atoms with Gasteiger partial charge in [-0.1, -0.05) is 40.9 Å². The third kappa shape index (κ3) is 3.02. The molecule has 0 heterocycles. The highest BCUT2D eigenvalue weighted by Crippen LogP contribution is 2.71. The molecule has 0 saturated heterocycles. The number of benzene rings is 1. The molecule has 1 spiro atoms. The van der Waals surface area contributed by atoms with E-state index in [4.69, 9.17) is 0 Å². The van der Waals surface area contributed by atoms with Crippen LogP contribution in [-0.2, 0) is 9.59 Å². The Morgan fingerprint density at radius 1 is 1.00 bits per heavy atom. The van der Waals surface area contributed by atoms with Gasteiger partial charge in [0.15, 0.2) is 0 Å². The summed E-state index contributed by atoms with van der Waals surface area (Å²) in [5.74, 6) is 1.39. The molecule has 4 aliphatic carbocycles. The van der Waals surface area contributed by atoms with E-state index in [1.165, 1.54) is 12.8 Å². The minimum atomic E-state index is -0.0509. The molecule has 0 radical (unpaired) electrons. The molecule has 0 aromatic heterocycles. The molecule has 4 aliphatic rings. The summed E-state index contributed by atoms with van der Waals surface area (Å²) in [6, 6.07) is 7.74. The zero-order chi connectivity index (χ0) is 19.3. The first kappa shape index (κ1) is 18.4. The average molecular weight is 443 g/mol. The maximum absolute atomic E-state index is 13.2. The average Bonchev–Trinajstić information content (AvgIpc) is 3.05. The first-order valence-corrected chi connectivity index (χ1v) is 11.4. The van der Waals surface area contributed by atoms with Crippen LogP contribution in [0.4, 0.5) is 5.69 Å². The predicted molar refractivity (Wildman–Crippen MR) is 113 cm³/mol. The lowest BCUT2D eigenvalue weighted by molar-refractivity contribution is -0.126. The highest BCUT2D eigenvalue weighted by molar-refractivity contribution is 9.10. The Balaban J connectivity index is 1.31. The lowest BCUT2D eigenvalue weighted by atomic mass is 9.82. The summed E-state index contributed by atoms with van der Waals surface area (Å²) < 4.78 is 0.998. The molecule has 2 amide bonds. The van der Waals surface area contributed by atoms with Gasteiger partial charge in [-0.05, 0) is 73.1 Å². The minimum Gasteiger partial charge on any atom is -0.356 e. The molecule has 1 aromatic rings. The topological polar surface area (TPSA) is 58.2 Å². The van der Waals surface area contributed by atoms with Crippen molar-refractivity contribution in [1.29, 1.82) is 0 Å². The first-order valence-electron chi connectivity index (χ1n) is 10.6. The second-order valence-electron chi connectivity index (χ2n) is 9.08. The van der Waals surface area contributed by atoms with E-state index in [0.29, 0.717) is 23.8 Å². The van der Waals surface area contributed by atoms with E-state index < -0.39 is 0 Å². The third-order valence-electron chi connectivity index (χ3n) is 7.64. The van der Waals surface area contributed by atoms with Gasteiger partial charge in [0.1, 0.15) is 0 Å². The molecule has 5 heteroatoms. The van der Waals surface area contributed by atoms with E-state index in [0.717, 1.165) is 35.8 Å². The van der Waals surface area contributed by atoms with Gasteiger partial charge in [-0.2, -0.15) is 0 Å². The normalized spacial score (nSPS) is 32.0. The van der Waals surface area contributed by atoms with Crippen molar-refractivity contribution in [3.63, 3.8) is 0 Å². The van der Waals surface area contributed by atoms with Crippen molar-refractivity contribution in [2.75, 3.05) is 11.9 Å². The number of anilines is 1. The van der Waals surface area contributed by atoms with E-state index in [1.807, 2.05) is 24.3 Å². The molecule has 28 heavy (non-hydrogen) atoms. The van der Waals surface area contributed by atoms with E-state index in [-0.39, 0.29) is 29.6 Å². The Labute approximate surface area is 174 Å². The van der Waals surface area contributed by atoms with Crippen LogP contribution < -0.4 is 10.6 Å². The molecule has 5 rings (SSSR count). The largest absolute Gasteiger partial charge is 0.356 e. The molecule has 1 aromatic carbocycles. The summed E-state index contributed by atoms with van der Waals surface area (Å²) in [4.78, 5) is 25.8. The zero-order valence-electron chi connectivity index (χ0n) is 16.0. The number of halogens is 1.